The molecule has 0 atom stereocenters. The van der Waals surface area contributed by atoms with E-state index in [9.17, 15) is 13.2 Å². The van der Waals surface area contributed by atoms with Gasteiger partial charge in [0.1, 0.15) is 6.54 Å². The van der Waals surface area contributed by atoms with Gasteiger partial charge < -0.3 is 4.57 Å². The number of carbonyl (C=O) groups excluding carboxylic acids is 1. The monoisotopic (exact) mass is 486 g/mol. The topological polar surface area (TPSA) is 83.8 Å². The van der Waals surface area contributed by atoms with E-state index in [-0.39, 0.29) is 6.54 Å². The SMILES string of the molecule is Cc1ccc(N(CC(=O)N/N=C\c2cc(C)n(-c3ccccc3Cl)c2C)S(C)(=O)=O)c(C)c1. The molecule has 1 amide bonds. The van der Waals surface area contributed by atoms with Gasteiger partial charge in [0.05, 0.1) is 28.9 Å². The Hall–Kier alpha value is -3.10. The number of rotatable bonds is 7. The standard InChI is InChI=1S/C24H27ClN4O3S/c1-16-10-11-22(17(2)12-16)28(33(5,31)32)15-24(30)27-26-14-20-13-18(3)29(19(20)4)23-9-7-6-8-21(23)25/h6-14H,15H2,1-5H3,(H,27,30)/b26-14-. The molecule has 0 unspecified atom stereocenters. The summed E-state index contributed by atoms with van der Waals surface area (Å²) < 4.78 is 27.8. The summed E-state index contributed by atoms with van der Waals surface area (Å²) in [6.45, 7) is 7.25. The lowest BCUT2D eigenvalue weighted by Crippen LogP contribution is -2.39. The summed E-state index contributed by atoms with van der Waals surface area (Å²) in [4.78, 5) is 12.5. The molecule has 7 nitrogen and oxygen atoms in total. The molecule has 0 aliphatic rings. The third-order valence-corrected chi connectivity index (χ3v) is 6.71. The van der Waals surface area contributed by atoms with Crippen molar-refractivity contribution in [1.82, 2.24) is 9.99 Å². The number of hydrogen-bond acceptors (Lipinski definition) is 4. The second-order valence-corrected chi connectivity index (χ2v) is 10.3. The second kappa shape index (κ2) is 9.80. The number of benzene rings is 2. The van der Waals surface area contributed by atoms with Crippen molar-refractivity contribution in [1.29, 1.82) is 0 Å². The molecule has 174 valence electrons. The van der Waals surface area contributed by atoms with Gasteiger partial charge in [0.25, 0.3) is 5.91 Å². The number of aromatic nitrogens is 1. The predicted octanol–water partition coefficient (Wildman–Crippen LogP) is 4.28. The number of aryl methyl sites for hydroxylation is 3. The lowest BCUT2D eigenvalue weighted by atomic mass is 10.1. The van der Waals surface area contributed by atoms with E-state index in [1.807, 2.05) is 74.7 Å². The van der Waals surface area contributed by atoms with E-state index in [1.54, 1.807) is 6.07 Å². The third kappa shape index (κ3) is 5.64. The van der Waals surface area contributed by atoms with Crippen molar-refractivity contribution in [3.05, 3.63) is 81.6 Å². The highest BCUT2D eigenvalue weighted by Gasteiger charge is 2.22. The molecule has 0 fully saturated rings. The van der Waals surface area contributed by atoms with Crippen LogP contribution in [0.4, 0.5) is 5.69 Å². The number of sulfonamides is 1. The van der Waals surface area contributed by atoms with Gasteiger partial charge in [-0.25, -0.2) is 13.8 Å². The minimum atomic E-state index is -3.66. The number of amides is 1. The van der Waals surface area contributed by atoms with Crippen LogP contribution in [0.15, 0.2) is 53.6 Å². The number of anilines is 1. The van der Waals surface area contributed by atoms with Crippen molar-refractivity contribution in [3.63, 3.8) is 0 Å². The highest BCUT2D eigenvalue weighted by molar-refractivity contribution is 7.92. The second-order valence-electron chi connectivity index (χ2n) is 7.97. The van der Waals surface area contributed by atoms with E-state index in [1.165, 1.54) is 6.21 Å². The van der Waals surface area contributed by atoms with E-state index >= 15 is 0 Å². The highest BCUT2D eigenvalue weighted by Crippen LogP contribution is 2.26. The molecule has 0 spiro atoms. The Kier molecular flexibility index (Phi) is 7.29. The molecule has 9 heteroatoms. The van der Waals surface area contributed by atoms with Gasteiger partial charge in [-0.05, 0) is 57.5 Å². The largest absolute Gasteiger partial charge is 0.316 e. The molecule has 1 aromatic heterocycles. The zero-order valence-corrected chi connectivity index (χ0v) is 20.8. The maximum Gasteiger partial charge on any atom is 0.260 e. The first kappa shape index (κ1) is 24.5. The Bertz CT molecular complexity index is 1330. The minimum absolute atomic E-state index is 0.376. The summed E-state index contributed by atoms with van der Waals surface area (Å²) in [5, 5.41) is 4.67. The molecule has 0 saturated carbocycles. The Morgan fingerprint density at radius 1 is 1.12 bits per heavy atom. The van der Waals surface area contributed by atoms with Crippen LogP contribution in [0.1, 0.15) is 28.1 Å². The Morgan fingerprint density at radius 3 is 2.45 bits per heavy atom. The van der Waals surface area contributed by atoms with Crippen molar-refractivity contribution >= 4 is 39.4 Å². The van der Waals surface area contributed by atoms with Gasteiger partial charge in [-0.2, -0.15) is 5.10 Å². The molecular formula is C24H27ClN4O3S. The van der Waals surface area contributed by atoms with Gasteiger partial charge >= 0.3 is 0 Å². The van der Waals surface area contributed by atoms with Crippen LogP contribution >= 0.6 is 11.6 Å². The maximum absolute atomic E-state index is 12.5. The first-order valence-electron chi connectivity index (χ1n) is 10.3. The average Bonchev–Trinajstić information content (AvgIpc) is 3.00. The normalized spacial score (nSPS) is 11.7. The Balaban J connectivity index is 1.77. The van der Waals surface area contributed by atoms with Crippen LogP contribution in [-0.2, 0) is 14.8 Å². The van der Waals surface area contributed by atoms with Crippen LogP contribution in [0.3, 0.4) is 0 Å². The van der Waals surface area contributed by atoms with Crippen molar-refractivity contribution in [2.24, 2.45) is 5.10 Å². The van der Waals surface area contributed by atoms with Crippen molar-refractivity contribution in [2.45, 2.75) is 27.7 Å². The summed E-state index contributed by atoms with van der Waals surface area (Å²) in [6, 6.07) is 14.9. The molecule has 0 radical (unpaired) electrons. The van der Waals surface area contributed by atoms with Crippen LogP contribution in [-0.4, -0.2) is 37.9 Å². The molecule has 1 N–H and O–H groups in total. The lowest BCUT2D eigenvalue weighted by Gasteiger charge is -2.23. The zero-order chi connectivity index (χ0) is 24.3. The maximum atomic E-state index is 12.5. The highest BCUT2D eigenvalue weighted by atomic mass is 35.5. The van der Waals surface area contributed by atoms with Gasteiger partial charge in [-0.1, -0.05) is 41.4 Å². The van der Waals surface area contributed by atoms with E-state index in [0.29, 0.717) is 10.7 Å². The molecule has 0 bridgehead atoms. The molecule has 0 aliphatic heterocycles. The predicted molar refractivity (Wildman–Crippen MR) is 134 cm³/mol. The molecular weight excluding hydrogens is 460 g/mol. The van der Waals surface area contributed by atoms with Gasteiger partial charge in [0.15, 0.2) is 0 Å². The quantitative estimate of drug-likeness (QED) is 0.399. The number of hydrazone groups is 1. The van der Waals surface area contributed by atoms with E-state index in [2.05, 4.69) is 10.5 Å². The number of nitrogens with zero attached hydrogens (tertiary/aromatic N) is 3. The van der Waals surface area contributed by atoms with Crippen molar-refractivity contribution < 1.29 is 13.2 Å². The van der Waals surface area contributed by atoms with Gasteiger partial charge in [-0.15, -0.1) is 0 Å². The summed E-state index contributed by atoms with van der Waals surface area (Å²) >= 11 is 6.35. The van der Waals surface area contributed by atoms with Gasteiger partial charge in [0, 0.05) is 17.0 Å². The van der Waals surface area contributed by atoms with Crippen LogP contribution in [0, 0.1) is 27.7 Å². The lowest BCUT2D eigenvalue weighted by molar-refractivity contribution is -0.119. The van der Waals surface area contributed by atoms with Gasteiger partial charge in [0.2, 0.25) is 10.0 Å². The van der Waals surface area contributed by atoms with Crippen LogP contribution in [0.25, 0.3) is 5.69 Å². The van der Waals surface area contributed by atoms with Gasteiger partial charge in [-0.3, -0.25) is 9.10 Å². The molecule has 1 heterocycles. The number of halogens is 1. The fraction of sp³-hybridized carbons (Fsp3) is 0.250. The Labute approximate surface area is 199 Å². The summed E-state index contributed by atoms with van der Waals surface area (Å²) in [5.41, 5.74) is 8.21. The zero-order valence-electron chi connectivity index (χ0n) is 19.3. The van der Waals surface area contributed by atoms with Crippen LogP contribution in [0.5, 0.6) is 0 Å². The molecule has 3 aromatic rings. The van der Waals surface area contributed by atoms with E-state index in [4.69, 9.17) is 11.6 Å². The van der Waals surface area contributed by atoms with E-state index in [0.717, 1.165) is 44.3 Å². The summed E-state index contributed by atoms with van der Waals surface area (Å²) in [7, 11) is -3.66. The van der Waals surface area contributed by atoms with E-state index < -0.39 is 15.9 Å². The first-order valence-corrected chi connectivity index (χ1v) is 12.5. The summed E-state index contributed by atoms with van der Waals surface area (Å²) in [5.74, 6) is -0.545. The third-order valence-electron chi connectivity index (χ3n) is 5.27. The first-order chi connectivity index (χ1) is 15.5. The van der Waals surface area contributed by atoms with Crippen LogP contribution in [0.2, 0.25) is 5.02 Å². The Morgan fingerprint density at radius 2 is 1.82 bits per heavy atom. The van der Waals surface area contributed by atoms with Crippen LogP contribution < -0.4 is 9.73 Å². The number of carbonyl (C=O) groups is 1. The smallest absolute Gasteiger partial charge is 0.260 e. The number of nitrogens with one attached hydrogen (secondary N) is 1. The fourth-order valence-corrected chi connectivity index (χ4v) is 4.86. The van der Waals surface area contributed by atoms with Crippen molar-refractivity contribution in [2.75, 3.05) is 17.1 Å². The average molecular weight is 487 g/mol. The molecule has 0 aliphatic carbocycles. The molecule has 2 aromatic carbocycles. The number of hydrogen-bond donors (Lipinski definition) is 1. The molecule has 33 heavy (non-hydrogen) atoms. The number of para-hydroxylation sites is 1. The fourth-order valence-electron chi connectivity index (χ4n) is 3.73. The van der Waals surface area contributed by atoms with Crippen molar-refractivity contribution in [3.8, 4) is 5.69 Å². The minimum Gasteiger partial charge on any atom is -0.316 e. The molecule has 3 rings (SSSR count). The summed E-state index contributed by atoms with van der Waals surface area (Å²) in [6.07, 6.45) is 2.61. The molecule has 0 saturated heterocycles.